The lowest BCUT2D eigenvalue weighted by Gasteiger charge is -2.15. The predicted octanol–water partition coefficient (Wildman–Crippen LogP) is 3.27. The van der Waals surface area contributed by atoms with Gasteiger partial charge in [-0.15, -0.1) is 0 Å². The normalized spacial score (nSPS) is 12.8. The molecule has 1 aromatic heterocycles. The highest BCUT2D eigenvalue weighted by molar-refractivity contribution is 6.43. The second-order valence-corrected chi connectivity index (χ2v) is 6.20. The van der Waals surface area contributed by atoms with Crippen LogP contribution in [0.4, 0.5) is 0 Å². The molecule has 1 heterocycles. The van der Waals surface area contributed by atoms with E-state index in [1.807, 2.05) is 43.3 Å². The Morgan fingerprint density at radius 3 is 2.73 bits per heavy atom. The average Bonchev–Trinajstić information content (AvgIpc) is 2.89. The van der Waals surface area contributed by atoms with Gasteiger partial charge in [0.25, 0.3) is 0 Å². The van der Waals surface area contributed by atoms with E-state index in [4.69, 9.17) is 27.6 Å². The fraction of sp³-hybridized carbons (Fsp3) is 0.375. The Kier molecular flexibility index (Phi) is 6.29. The molecule has 0 fully saturated rings. The summed E-state index contributed by atoms with van der Waals surface area (Å²) in [6.07, 6.45) is -0.410. The largest absolute Gasteiger partial charge is 0.460 e. The molecule has 1 unspecified atom stereocenters. The minimum absolute atomic E-state index is 0.410. The van der Waals surface area contributed by atoms with Gasteiger partial charge in [0.2, 0.25) is 0 Å². The highest BCUT2D eigenvalue weighted by Crippen LogP contribution is 2.34. The molecule has 2 rings (SSSR count). The summed E-state index contributed by atoms with van der Waals surface area (Å²) in [5.74, 6) is 1.46. The standard InChI is InChI=1S/C16H20Cl2N2O2/c1-20(2)10-11(21)8-19-9-12-6-7-15(22-12)13-4-3-5-14(17)16(13)18/h3-7,11,19,21H,8-10H2,1-2H3. The molecule has 0 aliphatic rings. The van der Waals surface area contributed by atoms with Crippen molar-refractivity contribution >= 4 is 23.2 Å². The maximum Gasteiger partial charge on any atom is 0.135 e. The monoisotopic (exact) mass is 342 g/mol. The Morgan fingerprint density at radius 2 is 2.00 bits per heavy atom. The summed E-state index contributed by atoms with van der Waals surface area (Å²) in [7, 11) is 3.85. The van der Waals surface area contributed by atoms with Crippen LogP contribution in [-0.2, 0) is 6.54 Å². The van der Waals surface area contributed by atoms with Crippen LogP contribution >= 0.6 is 23.2 Å². The van der Waals surface area contributed by atoms with E-state index in [0.29, 0.717) is 35.4 Å². The van der Waals surface area contributed by atoms with Crippen molar-refractivity contribution in [2.75, 3.05) is 27.2 Å². The fourth-order valence-electron chi connectivity index (χ4n) is 2.16. The average molecular weight is 343 g/mol. The van der Waals surface area contributed by atoms with Crippen molar-refractivity contribution in [2.24, 2.45) is 0 Å². The van der Waals surface area contributed by atoms with Gasteiger partial charge in [0.15, 0.2) is 0 Å². The third-order valence-electron chi connectivity index (χ3n) is 3.13. The molecule has 0 saturated heterocycles. The summed E-state index contributed by atoms with van der Waals surface area (Å²) in [5.41, 5.74) is 0.771. The molecule has 1 atom stereocenters. The van der Waals surface area contributed by atoms with Gasteiger partial charge in [0.05, 0.1) is 22.7 Å². The first-order chi connectivity index (χ1) is 10.5. The number of aliphatic hydroxyl groups excluding tert-OH is 1. The first kappa shape index (κ1) is 17.3. The summed E-state index contributed by atoms with van der Waals surface area (Å²) in [5, 5.41) is 13.9. The molecule has 0 bridgehead atoms. The van der Waals surface area contributed by atoms with Crippen LogP contribution in [0.1, 0.15) is 5.76 Å². The van der Waals surface area contributed by atoms with Crippen LogP contribution in [0.15, 0.2) is 34.7 Å². The van der Waals surface area contributed by atoms with Gasteiger partial charge in [-0.1, -0.05) is 29.3 Å². The van der Waals surface area contributed by atoms with E-state index in [1.54, 1.807) is 6.07 Å². The lowest BCUT2D eigenvalue weighted by Crippen LogP contribution is -2.34. The van der Waals surface area contributed by atoms with Crippen molar-refractivity contribution in [3.05, 3.63) is 46.1 Å². The third-order valence-corrected chi connectivity index (χ3v) is 3.95. The predicted molar refractivity (Wildman–Crippen MR) is 90.4 cm³/mol. The number of benzene rings is 1. The van der Waals surface area contributed by atoms with Gasteiger partial charge in [-0.3, -0.25) is 0 Å². The van der Waals surface area contributed by atoms with Crippen molar-refractivity contribution in [1.29, 1.82) is 0 Å². The van der Waals surface area contributed by atoms with Crippen LogP contribution in [-0.4, -0.2) is 43.3 Å². The molecule has 4 nitrogen and oxygen atoms in total. The Balaban J connectivity index is 1.93. The van der Waals surface area contributed by atoms with Crippen LogP contribution in [0.3, 0.4) is 0 Å². The zero-order chi connectivity index (χ0) is 16.1. The van der Waals surface area contributed by atoms with Crippen LogP contribution in [0, 0.1) is 0 Å². The Morgan fingerprint density at radius 1 is 1.23 bits per heavy atom. The van der Waals surface area contributed by atoms with E-state index >= 15 is 0 Å². The second-order valence-electron chi connectivity index (χ2n) is 5.41. The quantitative estimate of drug-likeness (QED) is 0.810. The summed E-state index contributed by atoms with van der Waals surface area (Å²) in [6.45, 7) is 1.67. The first-order valence-corrected chi connectivity index (χ1v) is 7.79. The molecular weight excluding hydrogens is 323 g/mol. The maximum absolute atomic E-state index is 9.78. The van der Waals surface area contributed by atoms with Crippen LogP contribution < -0.4 is 5.32 Å². The van der Waals surface area contributed by atoms with Crippen molar-refractivity contribution in [3.8, 4) is 11.3 Å². The van der Waals surface area contributed by atoms with E-state index < -0.39 is 6.10 Å². The molecule has 2 N–H and O–H groups in total. The molecule has 0 spiro atoms. The van der Waals surface area contributed by atoms with Gasteiger partial charge >= 0.3 is 0 Å². The summed E-state index contributed by atoms with van der Waals surface area (Å²) >= 11 is 12.2. The number of hydrogen-bond donors (Lipinski definition) is 2. The van der Waals surface area contributed by atoms with E-state index in [2.05, 4.69) is 5.32 Å². The van der Waals surface area contributed by atoms with Gasteiger partial charge in [-0.2, -0.15) is 0 Å². The van der Waals surface area contributed by atoms with E-state index in [0.717, 1.165) is 11.3 Å². The highest BCUT2D eigenvalue weighted by atomic mass is 35.5. The Labute approximate surface area is 140 Å². The highest BCUT2D eigenvalue weighted by Gasteiger charge is 2.11. The SMILES string of the molecule is CN(C)CC(O)CNCc1ccc(-c2cccc(Cl)c2Cl)o1. The zero-order valence-corrected chi connectivity index (χ0v) is 14.2. The second kappa shape index (κ2) is 7.99. The Bertz CT molecular complexity index is 614. The molecule has 22 heavy (non-hydrogen) atoms. The molecule has 0 radical (unpaired) electrons. The molecule has 0 aliphatic carbocycles. The minimum atomic E-state index is -0.410. The number of aliphatic hydroxyl groups is 1. The molecule has 0 aliphatic heterocycles. The van der Waals surface area contributed by atoms with Gasteiger partial charge in [-0.25, -0.2) is 0 Å². The van der Waals surface area contributed by atoms with E-state index in [9.17, 15) is 5.11 Å². The zero-order valence-electron chi connectivity index (χ0n) is 12.6. The van der Waals surface area contributed by atoms with E-state index in [-0.39, 0.29) is 0 Å². The first-order valence-electron chi connectivity index (χ1n) is 7.04. The molecule has 0 saturated carbocycles. The lowest BCUT2D eigenvalue weighted by molar-refractivity contribution is 0.134. The third kappa shape index (κ3) is 4.73. The molecule has 120 valence electrons. The van der Waals surface area contributed by atoms with Gasteiger partial charge < -0.3 is 19.7 Å². The Hall–Kier alpha value is -1.04. The van der Waals surface area contributed by atoms with Gasteiger partial charge in [-0.05, 0) is 38.4 Å². The fourth-order valence-corrected chi connectivity index (χ4v) is 2.55. The number of nitrogens with zero attached hydrogens (tertiary/aromatic N) is 1. The van der Waals surface area contributed by atoms with Crippen molar-refractivity contribution in [3.63, 3.8) is 0 Å². The van der Waals surface area contributed by atoms with Crippen molar-refractivity contribution < 1.29 is 9.52 Å². The number of rotatable bonds is 7. The molecule has 1 aromatic carbocycles. The summed E-state index contributed by atoms with van der Waals surface area (Å²) in [4.78, 5) is 1.94. The maximum atomic E-state index is 9.78. The number of hydrogen-bond acceptors (Lipinski definition) is 4. The molecule has 0 amide bonds. The van der Waals surface area contributed by atoms with Crippen LogP contribution in [0.2, 0.25) is 10.0 Å². The van der Waals surface area contributed by atoms with Gasteiger partial charge in [0.1, 0.15) is 11.5 Å². The number of nitrogens with one attached hydrogen (secondary N) is 1. The number of furan rings is 1. The summed E-state index contributed by atoms with van der Waals surface area (Å²) < 4.78 is 5.77. The van der Waals surface area contributed by atoms with E-state index in [1.165, 1.54) is 0 Å². The topological polar surface area (TPSA) is 48.6 Å². The molecule has 2 aromatic rings. The number of likely N-dealkylation sites (N-methyl/N-ethyl adjacent to an activating group) is 1. The van der Waals surface area contributed by atoms with Crippen molar-refractivity contribution in [1.82, 2.24) is 10.2 Å². The van der Waals surface area contributed by atoms with Crippen LogP contribution in [0.5, 0.6) is 0 Å². The number of halogens is 2. The van der Waals surface area contributed by atoms with Crippen molar-refractivity contribution in [2.45, 2.75) is 12.6 Å². The molecule has 6 heteroatoms. The lowest BCUT2D eigenvalue weighted by atomic mass is 10.2. The van der Waals surface area contributed by atoms with Crippen LogP contribution in [0.25, 0.3) is 11.3 Å². The summed E-state index contributed by atoms with van der Waals surface area (Å²) in [6, 6.07) is 9.19. The molecular formula is C16H20Cl2N2O2. The smallest absolute Gasteiger partial charge is 0.135 e. The van der Waals surface area contributed by atoms with Gasteiger partial charge in [0, 0.05) is 18.7 Å². The minimum Gasteiger partial charge on any atom is -0.460 e.